The van der Waals surface area contributed by atoms with Crippen molar-refractivity contribution in [3.8, 4) is 0 Å². The predicted octanol–water partition coefficient (Wildman–Crippen LogP) is 3.65. The maximum Gasteiger partial charge on any atom is 0.310 e. The van der Waals surface area contributed by atoms with Crippen LogP contribution < -0.4 is 0 Å². The molecular weight excluding hydrogens is 270 g/mol. The van der Waals surface area contributed by atoms with Gasteiger partial charge in [-0.1, -0.05) is 18.5 Å². The van der Waals surface area contributed by atoms with Gasteiger partial charge >= 0.3 is 5.97 Å². The summed E-state index contributed by atoms with van der Waals surface area (Å²) in [6.07, 6.45) is 1.43. The van der Waals surface area contributed by atoms with E-state index in [0.29, 0.717) is 13.0 Å². The number of carboxylic acid groups (broad SMARTS) is 1. The number of carboxylic acids is 1. The van der Waals surface area contributed by atoms with Gasteiger partial charge in [-0.3, -0.25) is 9.69 Å². The molecule has 1 aromatic heterocycles. The SMILES string of the molecule is CCC1(C(=O)O)CCN(C(C)c2ccc(Cl)s2)C1. The van der Waals surface area contributed by atoms with E-state index in [0.717, 1.165) is 17.3 Å². The van der Waals surface area contributed by atoms with E-state index in [9.17, 15) is 9.90 Å². The first-order valence-electron chi connectivity index (χ1n) is 6.21. The van der Waals surface area contributed by atoms with Gasteiger partial charge in [-0.2, -0.15) is 0 Å². The van der Waals surface area contributed by atoms with Crippen molar-refractivity contribution in [3.63, 3.8) is 0 Å². The molecule has 3 nitrogen and oxygen atoms in total. The predicted molar refractivity (Wildman–Crippen MR) is 74.3 cm³/mol. The van der Waals surface area contributed by atoms with Crippen LogP contribution in [0.2, 0.25) is 4.34 Å². The summed E-state index contributed by atoms with van der Waals surface area (Å²) in [7, 11) is 0. The van der Waals surface area contributed by atoms with Gasteiger partial charge in [-0.25, -0.2) is 0 Å². The summed E-state index contributed by atoms with van der Waals surface area (Å²) in [4.78, 5) is 14.9. The van der Waals surface area contributed by atoms with Gasteiger partial charge in [0.15, 0.2) is 0 Å². The second kappa shape index (κ2) is 5.19. The van der Waals surface area contributed by atoms with Crippen molar-refractivity contribution in [1.82, 2.24) is 4.90 Å². The molecule has 2 heterocycles. The van der Waals surface area contributed by atoms with Gasteiger partial charge in [-0.15, -0.1) is 11.3 Å². The lowest BCUT2D eigenvalue weighted by molar-refractivity contribution is -0.148. The molecule has 18 heavy (non-hydrogen) atoms. The van der Waals surface area contributed by atoms with E-state index in [1.54, 1.807) is 11.3 Å². The Kier molecular flexibility index (Phi) is 3.99. The number of likely N-dealkylation sites (tertiary alicyclic amines) is 1. The molecule has 0 aliphatic carbocycles. The highest BCUT2D eigenvalue weighted by molar-refractivity contribution is 7.16. The molecule has 2 atom stereocenters. The smallest absolute Gasteiger partial charge is 0.310 e. The van der Waals surface area contributed by atoms with Crippen LogP contribution >= 0.6 is 22.9 Å². The van der Waals surface area contributed by atoms with Crippen molar-refractivity contribution in [2.45, 2.75) is 32.7 Å². The minimum atomic E-state index is -0.663. The standard InChI is InChI=1S/C13H18ClNO2S/c1-3-13(12(16)17)6-7-15(8-13)9(2)10-4-5-11(14)18-10/h4-5,9H,3,6-8H2,1-2H3,(H,16,17). The fraction of sp³-hybridized carbons (Fsp3) is 0.615. The molecule has 5 heteroatoms. The molecule has 2 unspecified atom stereocenters. The van der Waals surface area contributed by atoms with Crippen molar-refractivity contribution in [2.75, 3.05) is 13.1 Å². The largest absolute Gasteiger partial charge is 0.481 e. The lowest BCUT2D eigenvalue weighted by Crippen LogP contribution is -2.34. The van der Waals surface area contributed by atoms with Crippen LogP contribution in [-0.2, 0) is 4.79 Å². The molecular formula is C13H18ClNO2S. The Balaban J connectivity index is 2.11. The van der Waals surface area contributed by atoms with E-state index in [2.05, 4.69) is 11.8 Å². The van der Waals surface area contributed by atoms with Crippen LogP contribution in [0.4, 0.5) is 0 Å². The van der Waals surface area contributed by atoms with Crippen LogP contribution in [-0.4, -0.2) is 29.1 Å². The van der Waals surface area contributed by atoms with E-state index < -0.39 is 11.4 Å². The minimum Gasteiger partial charge on any atom is -0.481 e. The van der Waals surface area contributed by atoms with Crippen LogP contribution in [0.5, 0.6) is 0 Å². The highest BCUT2D eigenvalue weighted by Gasteiger charge is 2.44. The summed E-state index contributed by atoms with van der Waals surface area (Å²) in [6, 6.07) is 4.18. The van der Waals surface area contributed by atoms with Gasteiger partial charge in [-0.05, 0) is 38.4 Å². The number of carbonyl (C=O) groups is 1. The Morgan fingerprint density at radius 3 is 2.83 bits per heavy atom. The van der Waals surface area contributed by atoms with E-state index >= 15 is 0 Å². The second-order valence-corrected chi connectivity index (χ2v) is 6.72. The van der Waals surface area contributed by atoms with Crippen LogP contribution in [0.25, 0.3) is 0 Å². The summed E-state index contributed by atoms with van der Waals surface area (Å²) in [5.41, 5.74) is -0.560. The Morgan fingerprint density at radius 2 is 2.39 bits per heavy atom. The monoisotopic (exact) mass is 287 g/mol. The normalized spacial score (nSPS) is 26.4. The summed E-state index contributed by atoms with van der Waals surface area (Å²) in [6.45, 7) is 5.56. The molecule has 1 aliphatic rings. The zero-order valence-corrected chi connectivity index (χ0v) is 12.2. The topological polar surface area (TPSA) is 40.5 Å². The number of halogens is 1. The Morgan fingerprint density at radius 1 is 1.67 bits per heavy atom. The number of aliphatic carboxylic acids is 1. The molecule has 1 aromatic rings. The number of hydrogen-bond donors (Lipinski definition) is 1. The number of hydrogen-bond acceptors (Lipinski definition) is 3. The molecule has 0 radical (unpaired) electrons. The van der Waals surface area contributed by atoms with Crippen LogP contribution in [0, 0.1) is 5.41 Å². The first-order chi connectivity index (χ1) is 8.48. The van der Waals surface area contributed by atoms with Gasteiger partial charge in [0.1, 0.15) is 0 Å². The van der Waals surface area contributed by atoms with Gasteiger partial charge in [0.2, 0.25) is 0 Å². The maximum atomic E-state index is 11.4. The average molecular weight is 288 g/mol. The molecule has 0 amide bonds. The third-order valence-electron chi connectivity index (χ3n) is 4.07. The highest BCUT2D eigenvalue weighted by Crippen LogP contribution is 2.39. The lowest BCUT2D eigenvalue weighted by Gasteiger charge is -2.26. The van der Waals surface area contributed by atoms with E-state index in [-0.39, 0.29) is 6.04 Å². The van der Waals surface area contributed by atoms with Gasteiger partial charge < -0.3 is 5.11 Å². The minimum absolute atomic E-state index is 0.246. The van der Waals surface area contributed by atoms with Crippen molar-refractivity contribution < 1.29 is 9.90 Å². The van der Waals surface area contributed by atoms with Gasteiger partial charge in [0, 0.05) is 17.5 Å². The third-order valence-corrected chi connectivity index (χ3v) is 5.47. The van der Waals surface area contributed by atoms with E-state index in [1.165, 1.54) is 4.88 Å². The zero-order chi connectivity index (χ0) is 13.3. The van der Waals surface area contributed by atoms with Gasteiger partial charge in [0.05, 0.1) is 9.75 Å². The van der Waals surface area contributed by atoms with E-state index in [4.69, 9.17) is 11.6 Å². The number of thiophene rings is 1. The fourth-order valence-corrected chi connectivity index (χ4v) is 3.73. The molecule has 0 spiro atoms. The van der Waals surface area contributed by atoms with E-state index in [1.807, 2.05) is 19.1 Å². The molecule has 0 aromatic carbocycles. The quantitative estimate of drug-likeness (QED) is 0.919. The lowest BCUT2D eigenvalue weighted by atomic mass is 9.84. The second-order valence-electron chi connectivity index (χ2n) is 4.98. The first-order valence-corrected chi connectivity index (χ1v) is 7.40. The number of rotatable bonds is 4. The highest BCUT2D eigenvalue weighted by atomic mass is 35.5. The first kappa shape index (κ1) is 13.8. The Bertz CT molecular complexity index is 448. The van der Waals surface area contributed by atoms with Crippen molar-refractivity contribution in [2.24, 2.45) is 5.41 Å². The fourth-order valence-electron chi connectivity index (χ4n) is 2.58. The average Bonchev–Trinajstić information content (AvgIpc) is 2.95. The molecule has 0 saturated carbocycles. The molecule has 0 bridgehead atoms. The van der Waals surface area contributed by atoms with Crippen LogP contribution in [0.3, 0.4) is 0 Å². The van der Waals surface area contributed by atoms with Crippen molar-refractivity contribution in [3.05, 3.63) is 21.3 Å². The third kappa shape index (κ3) is 2.42. The van der Waals surface area contributed by atoms with Crippen LogP contribution in [0.1, 0.15) is 37.6 Å². The summed E-state index contributed by atoms with van der Waals surface area (Å²) >= 11 is 7.53. The number of nitrogens with zero attached hydrogens (tertiary/aromatic N) is 1. The zero-order valence-electron chi connectivity index (χ0n) is 10.6. The molecule has 1 saturated heterocycles. The summed E-state index contributed by atoms with van der Waals surface area (Å²) < 4.78 is 0.788. The van der Waals surface area contributed by atoms with Crippen molar-refractivity contribution in [1.29, 1.82) is 0 Å². The van der Waals surface area contributed by atoms with Gasteiger partial charge in [0.25, 0.3) is 0 Å². The molecule has 1 aliphatic heterocycles. The molecule has 100 valence electrons. The molecule has 1 fully saturated rings. The summed E-state index contributed by atoms with van der Waals surface area (Å²) in [5.74, 6) is -0.663. The Hall–Kier alpha value is -0.580. The van der Waals surface area contributed by atoms with Crippen molar-refractivity contribution >= 4 is 28.9 Å². The molecule has 1 N–H and O–H groups in total. The Labute approximate surface area is 116 Å². The summed E-state index contributed by atoms with van der Waals surface area (Å²) in [5, 5.41) is 9.39. The van der Waals surface area contributed by atoms with Crippen LogP contribution in [0.15, 0.2) is 12.1 Å². The maximum absolute atomic E-state index is 11.4. The molecule has 2 rings (SSSR count).